The summed E-state index contributed by atoms with van der Waals surface area (Å²) < 4.78 is 0. The number of fused-ring (bicyclic) bond motifs is 1. The molecule has 3 heteroatoms. The van der Waals surface area contributed by atoms with Gasteiger partial charge in [0.25, 0.3) is 0 Å². The van der Waals surface area contributed by atoms with E-state index in [9.17, 15) is 5.11 Å². The summed E-state index contributed by atoms with van der Waals surface area (Å²) in [7, 11) is 0. The molecule has 2 rings (SSSR count). The van der Waals surface area contributed by atoms with E-state index in [2.05, 4.69) is 31.7 Å². The van der Waals surface area contributed by atoms with Crippen molar-refractivity contribution in [2.24, 2.45) is 0 Å². The minimum Gasteiger partial charge on any atom is -0.508 e. The van der Waals surface area contributed by atoms with E-state index < -0.39 is 0 Å². The maximum absolute atomic E-state index is 10.4. The Hall–Kier alpha value is -0.730. The van der Waals surface area contributed by atoms with Gasteiger partial charge in [-0.25, -0.2) is 0 Å². The highest BCUT2D eigenvalue weighted by Crippen LogP contribution is 2.42. The van der Waals surface area contributed by atoms with Crippen molar-refractivity contribution in [2.75, 3.05) is 13.1 Å². The lowest BCUT2D eigenvalue weighted by molar-refractivity contribution is 0.148. The molecule has 0 saturated heterocycles. The van der Waals surface area contributed by atoms with Crippen LogP contribution in [0.3, 0.4) is 0 Å². The van der Waals surface area contributed by atoms with Crippen LogP contribution < -0.4 is 0 Å². The molecule has 1 aliphatic carbocycles. The highest BCUT2D eigenvalue weighted by Gasteiger charge is 2.34. The monoisotopic (exact) mass is 325 g/mol. The quantitative estimate of drug-likeness (QED) is 0.750. The molecule has 0 radical (unpaired) electrons. The zero-order valence-electron chi connectivity index (χ0n) is 14.3. The van der Waals surface area contributed by atoms with Gasteiger partial charge in [-0.05, 0) is 56.8 Å². The Bertz CT molecular complexity index is 443. The topological polar surface area (TPSA) is 23.5 Å². The molecule has 0 unspecified atom stereocenters. The van der Waals surface area contributed by atoms with Crippen molar-refractivity contribution in [1.82, 2.24) is 4.90 Å². The maximum Gasteiger partial charge on any atom is 0.119 e. The average Bonchev–Trinajstić information content (AvgIpc) is 2.48. The minimum absolute atomic E-state index is 0. The Labute approximate surface area is 142 Å². The van der Waals surface area contributed by atoms with E-state index in [0.717, 1.165) is 6.42 Å². The normalized spacial score (nSPS) is 20.5. The number of phenolic OH excluding ortho intramolecular Hbond substituents is 1. The fourth-order valence-corrected chi connectivity index (χ4v) is 4.05. The van der Waals surface area contributed by atoms with E-state index in [-0.39, 0.29) is 12.4 Å². The lowest BCUT2D eigenvalue weighted by Crippen LogP contribution is -2.43. The van der Waals surface area contributed by atoms with E-state index in [4.69, 9.17) is 0 Å². The molecule has 126 valence electrons. The second-order valence-electron chi connectivity index (χ2n) is 6.39. The van der Waals surface area contributed by atoms with Crippen molar-refractivity contribution in [2.45, 2.75) is 71.3 Å². The Morgan fingerprint density at radius 2 is 1.77 bits per heavy atom. The summed E-state index contributed by atoms with van der Waals surface area (Å²) in [5, 5.41) is 10.4. The second-order valence-corrected chi connectivity index (χ2v) is 6.39. The number of benzene rings is 1. The van der Waals surface area contributed by atoms with Gasteiger partial charge in [0.1, 0.15) is 5.75 Å². The summed E-state index contributed by atoms with van der Waals surface area (Å²) >= 11 is 0. The molecule has 0 spiro atoms. The number of aryl methyl sites for hydroxylation is 1. The zero-order chi connectivity index (χ0) is 15.2. The van der Waals surface area contributed by atoms with E-state index in [0.29, 0.717) is 17.7 Å². The van der Waals surface area contributed by atoms with E-state index in [1.54, 1.807) is 0 Å². The molecule has 1 aromatic rings. The summed E-state index contributed by atoms with van der Waals surface area (Å²) in [6.45, 7) is 9.16. The van der Waals surface area contributed by atoms with Gasteiger partial charge in [-0.15, -0.1) is 12.4 Å². The van der Waals surface area contributed by atoms with Crippen molar-refractivity contribution in [1.29, 1.82) is 0 Å². The zero-order valence-corrected chi connectivity index (χ0v) is 15.2. The van der Waals surface area contributed by atoms with Gasteiger partial charge in [-0.2, -0.15) is 0 Å². The van der Waals surface area contributed by atoms with Crippen molar-refractivity contribution in [3.8, 4) is 5.75 Å². The predicted octanol–water partition coefficient (Wildman–Crippen LogP) is 5.13. The summed E-state index contributed by atoms with van der Waals surface area (Å²) in [5.74, 6) is 1.02. The number of rotatable bonds is 7. The van der Waals surface area contributed by atoms with Crippen molar-refractivity contribution in [3.05, 3.63) is 29.3 Å². The molecule has 2 atom stereocenters. The molecular weight excluding hydrogens is 294 g/mol. The fourth-order valence-electron chi connectivity index (χ4n) is 4.05. The molecule has 0 aliphatic heterocycles. The van der Waals surface area contributed by atoms with Gasteiger partial charge in [0.2, 0.25) is 0 Å². The van der Waals surface area contributed by atoms with Crippen LogP contribution in [0.1, 0.15) is 69.9 Å². The standard InChI is InChI=1S/C19H31NO.ClH/c1-4-8-16-17(20(13-5-2)14-6-3)12-11-15-9-7-10-18(21)19(15)16;/h7,9-10,16-17,21H,4-6,8,11-14H2,1-3H3;1H/t16-,17-;/m1./s1. The molecule has 0 saturated carbocycles. The van der Waals surface area contributed by atoms with E-state index in [1.165, 1.54) is 56.3 Å². The van der Waals surface area contributed by atoms with Gasteiger partial charge in [-0.3, -0.25) is 4.90 Å². The first-order valence-corrected chi connectivity index (χ1v) is 8.77. The Morgan fingerprint density at radius 3 is 2.36 bits per heavy atom. The van der Waals surface area contributed by atoms with Gasteiger partial charge in [-0.1, -0.05) is 39.3 Å². The smallest absolute Gasteiger partial charge is 0.119 e. The lowest BCUT2D eigenvalue weighted by Gasteiger charge is -2.41. The summed E-state index contributed by atoms with van der Waals surface area (Å²) in [6.07, 6.45) is 7.13. The molecule has 0 fully saturated rings. The summed E-state index contributed by atoms with van der Waals surface area (Å²) in [6, 6.07) is 6.67. The van der Waals surface area contributed by atoms with E-state index >= 15 is 0 Å². The Kier molecular flexibility index (Phi) is 8.27. The molecule has 0 heterocycles. The van der Waals surface area contributed by atoms with Crippen LogP contribution in [-0.2, 0) is 6.42 Å². The predicted molar refractivity (Wildman–Crippen MR) is 97.3 cm³/mol. The van der Waals surface area contributed by atoms with Gasteiger partial charge in [0, 0.05) is 17.5 Å². The first-order chi connectivity index (χ1) is 10.2. The molecule has 1 aromatic carbocycles. The van der Waals surface area contributed by atoms with Crippen molar-refractivity contribution in [3.63, 3.8) is 0 Å². The molecule has 1 N–H and O–H groups in total. The Morgan fingerprint density at radius 1 is 1.09 bits per heavy atom. The van der Waals surface area contributed by atoms with Crippen molar-refractivity contribution < 1.29 is 5.11 Å². The van der Waals surface area contributed by atoms with Crippen molar-refractivity contribution >= 4 is 12.4 Å². The number of halogens is 1. The highest BCUT2D eigenvalue weighted by atomic mass is 35.5. The van der Waals surface area contributed by atoms with Gasteiger partial charge in [0.15, 0.2) is 0 Å². The molecule has 1 aliphatic rings. The average molecular weight is 326 g/mol. The molecular formula is C19H32ClNO. The third-order valence-corrected chi connectivity index (χ3v) is 4.81. The summed E-state index contributed by atoms with van der Waals surface area (Å²) in [5.41, 5.74) is 2.62. The Balaban J connectivity index is 0.00000242. The van der Waals surface area contributed by atoms with Crippen LogP contribution in [0.2, 0.25) is 0 Å². The van der Waals surface area contributed by atoms with Crippen LogP contribution in [0.15, 0.2) is 18.2 Å². The minimum atomic E-state index is 0. The van der Waals surface area contributed by atoms with E-state index in [1.807, 2.05) is 12.1 Å². The SMILES string of the molecule is CCC[C@H]1c2c(O)cccc2CC[C@H]1N(CCC)CCC.Cl. The van der Waals surface area contributed by atoms with Crippen LogP contribution >= 0.6 is 12.4 Å². The molecule has 2 nitrogen and oxygen atoms in total. The molecule has 22 heavy (non-hydrogen) atoms. The number of nitrogens with zero attached hydrogens (tertiary/aromatic N) is 1. The number of aromatic hydroxyl groups is 1. The van der Waals surface area contributed by atoms with Gasteiger partial charge < -0.3 is 5.11 Å². The number of hydrogen-bond donors (Lipinski definition) is 1. The third-order valence-electron chi connectivity index (χ3n) is 4.81. The van der Waals surface area contributed by atoms with Crippen LogP contribution in [0.25, 0.3) is 0 Å². The first kappa shape index (κ1) is 19.3. The molecule has 0 amide bonds. The first-order valence-electron chi connectivity index (χ1n) is 8.77. The number of hydrogen-bond acceptors (Lipinski definition) is 2. The highest BCUT2D eigenvalue weighted by molar-refractivity contribution is 5.85. The largest absolute Gasteiger partial charge is 0.508 e. The third kappa shape index (κ3) is 4.17. The van der Waals surface area contributed by atoms with Gasteiger partial charge >= 0.3 is 0 Å². The second kappa shape index (κ2) is 9.42. The molecule has 0 bridgehead atoms. The van der Waals surface area contributed by atoms with Crippen LogP contribution in [0.5, 0.6) is 5.75 Å². The fraction of sp³-hybridized carbons (Fsp3) is 0.684. The van der Waals surface area contributed by atoms with Crippen LogP contribution in [-0.4, -0.2) is 29.1 Å². The maximum atomic E-state index is 10.4. The summed E-state index contributed by atoms with van der Waals surface area (Å²) in [4.78, 5) is 2.68. The van der Waals surface area contributed by atoms with Crippen LogP contribution in [0, 0.1) is 0 Å². The lowest BCUT2D eigenvalue weighted by atomic mass is 9.75. The van der Waals surface area contributed by atoms with Gasteiger partial charge in [0.05, 0.1) is 0 Å². The number of phenols is 1. The molecule has 0 aromatic heterocycles. The van der Waals surface area contributed by atoms with Crippen LogP contribution in [0.4, 0.5) is 0 Å².